The van der Waals surface area contributed by atoms with Crippen LogP contribution in [0.4, 0.5) is 0 Å². The monoisotopic (exact) mass is 259 g/mol. The van der Waals surface area contributed by atoms with Gasteiger partial charge in [-0.3, -0.25) is 0 Å². The van der Waals surface area contributed by atoms with Crippen molar-refractivity contribution in [3.05, 3.63) is 0 Å². The second kappa shape index (κ2) is 5.70. The Labute approximate surface area is 105 Å². The zero-order valence-electron chi connectivity index (χ0n) is 10.6. The van der Waals surface area contributed by atoms with Gasteiger partial charge in [0.1, 0.15) is 0 Å². The van der Waals surface area contributed by atoms with Crippen molar-refractivity contribution in [3.63, 3.8) is 0 Å². The second-order valence-electron chi connectivity index (χ2n) is 5.77. The van der Waals surface area contributed by atoms with Crippen LogP contribution in [0.5, 0.6) is 0 Å². The van der Waals surface area contributed by atoms with E-state index in [1.165, 1.54) is 12.8 Å². The van der Waals surface area contributed by atoms with Crippen molar-refractivity contribution in [3.8, 4) is 0 Å². The minimum Gasteiger partial charge on any atom is -0.327 e. The molecule has 0 aromatic heterocycles. The smallest absolute Gasteiger partial charge is 0.153 e. The van der Waals surface area contributed by atoms with Crippen LogP contribution in [0.15, 0.2) is 0 Å². The van der Waals surface area contributed by atoms with E-state index < -0.39 is 9.84 Å². The summed E-state index contributed by atoms with van der Waals surface area (Å²) in [5.74, 6) is 0.823. The highest BCUT2D eigenvalue weighted by molar-refractivity contribution is 7.92. The summed E-state index contributed by atoms with van der Waals surface area (Å²) < 4.78 is 24.4. The first-order valence-electron chi connectivity index (χ1n) is 7.07. The van der Waals surface area contributed by atoms with Crippen molar-refractivity contribution in [1.82, 2.24) is 0 Å². The van der Waals surface area contributed by atoms with E-state index in [9.17, 15) is 8.42 Å². The van der Waals surface area contributed by atoms with Crippen LogP contribution in [-0.2, 0) is 9.84 Å². The molecule has 0 aromatic rings. The van der Waals surface area contributed by atoms with Crippen LogP contribution in [0, 0.1) is 5.92 Å². The lowest BCUT2D eigenvalue weighted by Crippen LogP contribution is -2.30. The summed E-state index contributed by atoms with van der Waals surface area (Å²) in [6, 6.07) is 0.247. The summed E-state index contributed by atoms with van der Waals surface area (Å²) in [7, 11) is -2.85. The number of hydrogen-bond donors (Lipinski definition) is 1. The minimum atomic E-state index is -2.85. The first kappa shape index (κ1) is 13.3. The standard InChI is InChI=1S/C13H25NO2S/c14-13-8-4-5-11(13)9-10-17(15,16)12-6-2-1-3-7-12/h11-13H,1-10,14H2. The molecule has 2 N–H and O–H groups in total. The lowest BCUT2D eigenvalue weighted by Gasteiger charge is -2.23. The normalized spacial score (nSPS) is 31.8. The molecule has 4 heteroatoms. The van der Waals surface area contributed by atoms with Crippen molar-refractivity contribution >= 4 is 9.84 Å². The molecule has 3 nitrogen and oxygen atoms in total. The van der Waals surface area contributed by atoms with Gasteiger partial charge in [-0.05, 0) is 38.0 Å². The van der Waals surface area contributed by atoms with E-state index in [1.807, 2.05) is 0 Å². The topological polar surface area (TPSA) is 60.2 Å². The average Bonchev–Trinajstić information content (AvgIpc) is 2.74. The fraction of sp³-hybridized carbons (Fsp3) is 1.00. The van der Waals surface area contributed by atoms with Gasteiger partial charge >= 0.3 is 0 Å². The summed E-state index contributed by atoms with van der Waals surface area (Å²) in [5.41, 5.74) is 5.99. The molecule has 0 aromatic carbocycles. The Morgan fingerprint density at radius 2 is 1.65 bits per heavy atom. The SMILES string of the molecule is NC1CCCC1CCS(=O)(=O)C1CCCCC1. The summed E-state index contributed by atoms with van der Waals surface area (Å²) >= 11 is 0. The van der Waals surface area contributed by atoms with E-state index in [0.717, 1.165) is 44.9 Å². The summed E-state index contributed by atoms with van der Waals surface area (Å²) in [4.78, 5) is 0. The van der Waals surface area contributed by atoms with Crippen molar-refractivity contribution in [2.24, 2.45) is 11.7 Å². The molecule has 0 bridgehead atoms. The molecule has 0 aliphatic heterocycles. The Balaban J connectivity index is 1.84. The van der Waals surface area contributed by atoms with E-state index in [4.69, 9.17) is 5.73 Å². The molecule has 0 spiro atoms. The third-order valence-electron chi connectivity index (χ3n) is 4.55. The number of hydrogen-bond acceptors (Lipinski definition) is 3. The van der Waals surface area contributed by atoms with Gasteiger partial charge in [0, 0.05) is 6.04 Å². The fourth-order valence-corrected chi connectivity index (χ4v) is 5.35. The van der Waals surface area contributed by atoms with Gasteiger partial charge in [-0.1, -0.05) is 25.7 Å². The fourth-order valence-electron chi connectivity index (χ4n) is 3.33. The summed E-state index contributed by atoms with van der Waals surface area (Å²) in [6.07, 6.45) is 9.34. The maximum atomic E-state index is 12.2. The molecule has 0 heterocycles. The largest absolute Gasteiger partial charge is 0.327 e. The summed E-state index contributed by atoms with van der Waals surface area (Å²) in [6.45, 7) is 0. The third-order valence-corrected chi connectivity index (χ3v) is 6.84. The molecule has 2 unspecified atom stereocenters. The zero-order chi connectivity index (χ0) is 12.3. The van der Waals surface area contributed by atoms with Gasteiger partial charge < -0.3 is 5.73 Å². The number of sulfone groups is 1. The van der Waals surface area contributed by atoms with Crippen LogP contribution in [0.25, 0.3) is 0 Å². The second-order valence-corrected chi connectivity index (χ2v) is 8.17. The van der Waals surface area contributed by atoms with Crippen molar-refractivity contribution in [1.29, 1.82) is 0 Å². The van der Waals surface area contributed by atoms with Crippen LogP contribution in [0.3, 0.4) is 0 Å². The zero-order valence-corrected chi connectivity index (χ0v) is 11.4. The molecule has 100 valence electrons. The molecular weight excluding hydrogens is 234 g/mol. The van der Waals surface area contributed by atoms with E-state index in [-0.39, 0.29) is 11.3 Å². The minimum absolute atomic E-state index is 0.0473. The predicted molar refractivity (Wildman–Crippen MR) is 70.6 cm³/mol. The van der Waals surface area contributed by atoms with Gasteiger partial charge in [-0.25, -0.2) is 8.42 Å². The van der Waals surface area contributed by atoms with Crippen molar-refractivity contribution in [2.45, 2.75) is 69.1 Å². The number of rotatable bonds is 4. The summed E-state index contributed by atoms with van der Waals surface area (Å²) in [5, 5.41) is -0.0473. The van der Waals surface area contributed by atoms with E-state index >= 15 is 0 Å². The first-order valence-corrected chi connectivity index (χ1v) is 8.78. The van der Waals surface area contributed by atoms with Gasteiger partial charge in [-0.15, -0.1) is 0 Å². The lowest BCUT2D eigenvalue weighted by atomic mass is 10.0. The highest BCUT2D eigenvalue weighted by atomic mass is 32.2. The van der Waals surface area contributed by atoms with Gasteiger partial charge in [0.15, 0.2) is 9.84 Å². The lowest BCUT2D eigenvalue weighted by molar-refractivity contribution is 0.453. The Kier molecular flexibility index (Phi) is 4.47. The molecule has 0 radical (unpaired) electrons. The van der Waals surface area contributed by atoms with Crippen molar-refractivity contribution in [2.75, 3.05) is 5.75 Å². The van der Waals surface area contributed by atoms with Crippen LogP contribution in [0.2, 0.25) is 0 Å². The van der Waals surface area contributed by atoms with Gasteiger partial charge in [0.2, 0.25) is 0 Å². The molecule has 2 atom stereocenters. The van der Waals surface area contributed by atoms with Crippen LogP contribution < -0.4 is 5.73 Å². The maximum Gasteiger partial charge on any atom is 0.153 e. The van der Waals surface area contributed by atoms with Gasteiger partial charge in [0.05, 0.1) is 11.0 Å². The molecule has 2 aliphatic carbocycles. The van der Waals surface area contributed by atoms with E-state index in [1.54, 1.807) is 0 Å². The van der Waals surface area contributed by atoms with E-state index in [2.05, 4.69) is 0 Å². The van der Waals surface area contributed by atoms with E-state index in [0.29, 0.717) is 11.7 Å². The molecular formula is C13H25NO2S. The maximum absolute atomic E-state index is 12.2. The van der Waals surface area contributed by atoms with Crippen LogP contribution >= 0.6 is 0 Å². The average molecular weight is 259 g/mol. The Hall–Kier alpha value is -0.0900. The third kappa shape index (κ3) is 3.44. The highest BCUT2D eigenvalue weighted by Gasteiger charge is 2.30. The molecule has 0 saturated heterocycles. The molecule has 17 heavy (non-hydrogen) atoms. The molecule has 2 saturated carbocycles. The van der Waals surface area contributed by atoms with Crippen LogP contribution in [-0.4, -0.2) is 25.5 Å². The molecule has 2 fully saturated rings. The quantitative estimate of drug-likeness (QED) is 0.842. The van der Waals surface area contributed by atoms with Gasteiger partial charge in [-0.2, -0.15) is 0 Å². The molecule has 0 amide bonds. The Bertz CT molecular complexity index is 333. The predicted octanol–water partition coefficient (Wildman–Crippen LogP) is 2.25. The first-order chi connectivity index (χ1) is 8.09. The molecule has 2 rings (SSSR count). The van der Waals surface area contributed by atoms with Crippen molar-refractivity contribution < 1.29 is 8.42 Å². The highest BCUT2D eigenvalue weighted by Crippen LogP contribution is 2.29. The number of nitrogens with two attached hydrogens (primary N) is 1. The van der Waals surface area contributed by atoms with Gasteiger partial charge in [0.25, 0.3) is 0 Å². The molecule has 2 aliphatic rings. The van der Waals surface area contributed by atoms with Crippen LogP contribution in [0.1, 0.15) is 57.8 Å². The Morgan fingerprint density at radius 3 is 2.24 bits per heavy atom. The Morgan fingerprint density at radius 1 is 0.941 bits per heavy atom.